The molecule has 0 saturated heterocycles. The summed E-state index contributed by atoms with van der Waals surface area (Å²) in [6.45, 7) is 1.61. The maximum absolute atomic E-state index is 11.8. The van der Waals surface area contributed by atoms with Gasteiger partial charge in [-0.05, 0) is 13.0 Å². The summed E-state index contributed by atoms with van der Waals surface area (Å²) < 4.78 is 4.39. The summed E-state index contributed by atoms with van der Waals surface area (Å²) in [5, 5.41) is 0.814. The fraction of sp³-hybridized carbons (Fsp3) is 0.182. The molecular weight excluding hydrogens is 244 g/mol. The minimum absolute atomic E-state index is 0.0885. The number of rotatable bonds is 2. The Bertz CT molecular complexity index is 618. The van der Waals surface area contributed by atoms with Crippen molar-refractivity contribution in [2.24, 2.45) is 0 Å². The number of aromatic amines is 1. The number of carbonyl (C=O) groups excluding carboxylic acids is 2. The molecule has 5 nitrogen and oxygen atoms in total. The summed E-state index contributed by atoms with van der Waals surface area (Å²) in [6, 6.07) is 1.69. The van der Waals surface area contributed by atoms with Crippen LogP contribution in [0.4, 0.5) is 0 Å². The molecule has 2 aromatic heterocycles. The number of aryl methyl sites for hydroxylation is 1. The molecule has 6 heteroatoms. The molecule has 0 aliphatic rings. The standard InChI is InChI=1S/C11H9ClN2O3/c1-5-7(9(15)11(16)17-2)8(12)6-3-4-13-10(6)14-5/h3-4H,1-2H3,(H,13,14). The number of pyridine rings is 1. The van der Waals surface area contributed by atoms with Crippen molar-refractivity contribution in [2.45, 2.75) is 6.92 Å². The number of nitrogens with one attached hydrogen (secondary N) is 1. The Morgan fingerprint density at radius 2 is 2.18 bits per heavy atom. The molecule has 0 fully saturated rings. The van der Waals surface area contributed by atoms with Gasteiger partial charge < -0.3 is 9.72 Å². The number of H-pyrrole nitrogens is 1. The van der Waals surface area contributed by atoms with Crippen LogP contribution in [0.1, 0.15) is 16.1 Å². The van der Waals surface area contributed by atoms with Crippen molar-refractivity contribution < 1.29 is 14.3 Å². The fourth-order valence-electron chi connectivity index (χ4n) is 1.61. The molecule has 0 aliphatic carbocycles. The van der Waals surface area contributed by atoms with E-state index in [-0.39, 0.29) is 10.6 Å². The van der Waals surface area contributed by atoms with Crippen molar-refractivity contribution in [3.63, 3.8) is 0 Å². The zero-order chi connectivity index (χ0) is 12.6. The Kier molecular flexibility index (Phi) is 2.85. The van der Waals surface area contributed by atoms with E-state index in [1.165, 1.54) is 0 Å². The van der Waals surface area contributed by atoms with Gasteiger partial charge in [0.15, 0.2) is 0 Å². The van der Waals surface area contributed by atoms with E-state index in [9.17, 15) is 9.59 Å². The van der Waals surface area contributed by atoms with Gasteiger partial charge in [0.2, 0.25) is 0 Å². The Labute approximate surface area is 102 Å². The second-order valence-corrected chi connectivity index (χ2v) is 3.82. The van der Waals surface area contributed by atoms with Gasteiger partial charge in [-0.3, -0.25) is 4.79 Å². The number of hydrogen-bond donors (Lipinski definition) is 1. The number of hydrogen-bond acceptors (Lipinski definition) is 4. The lowest BCUT2D eigenvalue weighted by molar-refractivity contribution is -0.135. The van der Waals surface area contributed by atoms with Gasteiger partial charge in [-0.25, -0.2) is 9.78 Å². The SMILES string of the molecule is COC(=O)C(=O)c1c(C)nc2[nH]ccc2c1Cl. The highest BCUT2D eigenvalue weighted by atomic mass is 35.5. The highest BCUT2D eigenvalue weighted by Crippen LogP contribution is 2.28. The number of ketones is 1. The molecule has 0 spiro atoms. The molecule has 0 radical (unpaired) electrons. The van der Waals surface area contributed by atoms with Crippen LogP contribution in [0.25, 0.3) is 11.0 Å². The summed E-state index contributed by atoms with van der Waals surface area (Å²) >= 11 is 6.10. The van der Waals surface area contributed by atoms with E-state index in [0.29, 0.717) is 16.7 Å². The van der Waals surface area contributed by atoms with Crippen LogP contribution in [-0.4, -0.2) is 28.8 Å². The molecule has 0 saturated carbocycles. The van der Waals surface area contributed by atoms with Gasteiger partial charge in [-0.15, -0.1) is 0 Å². The minimum Gasteiger partial charge on any atom is -0.463 e. The highest BCUT2D eigenvalue weighted by Gasteiger charge is 2.24. The second-order valence-electron chi connectivity index (χ2n) is 3.45. The number of esters is 1. The fourth-order valence-corrected chi connectivity index (χ4v) is 1.98. The molecular formula is C11H9ClN2O3. The van der Waals surface area contributed by atoms with Crippen molar-refractivity contribution in [1.82, 2.24) is 9.97 Å². The monoisotopic (exact) mass is 252 g/mol. The van der Waals surface area contributed by atoms with Crippen molar-refractivity contribution >= 4 is 34.4 Å². The Morgan fingerprint density at radius 3 is 2.82 bits per heavy atom. The lowest BCUT2D eigenvalue weighted by Crippen LogP contribution is -2.18. The van der Waals surface area contributed by atoms with Crippen LogP contribution in [0.15, 0.2) is 12.3 Å². The van der Waals surface area contributed by atoms with Crippen molar-refractivity contribution in [1.29, 1.82) is 0 Å². The van der Waals surface area contributed by atoms with Crippen LogP contribution in [0.3, 0.4) is 0 Å². The van der Waals surface area contributed by atoms with Crippen molar-refractivity contribution in [3.05, 3.63) is 28.5 Å². The molecule has 2 aromatic rings. The van der Waals surface area contributed by atoms with Gasteiger partial charge in [-0.2, -0.15) is 0 Å². The number of carbonyl (C=O) groups is 2. The summed E-state index contributed by atoms with van der Waals surface area (Å²) in [4.78, 5) is 30.1. The van der Waals surface area contributed by atoms with Crippen LogP contribution < -0.4 is 0 Å². The molecule has 88 valence electrons. The van der Waals surface area contributed by atoms with Crippen molar-refractivity contribution in [2.75, 3.05) is 7.11 Å². The molecule has 0 atom stereocenters. The van der Waals surface area contributed by atoms with Crippen LogP contribution >= 0.6 is 11.6 Å². The van der Waals surface area contributed by atoms with Gasteiger partial charge in [0.25, 0.3) is 5.78 Å². The van der Waals surface area contributed by atoms with E-state index in [1.807, 2.05) is 0 Å². The molecule has 0 amide bonds. The number of Topliss-reactive ketones (excluding diaryl/α,β-unsaturated/α-hetero) is 1. The number of halogens is 1. The highest BCUT2D eigenvalue weighted by molar-refractivity contribution is 6.47. The van der Waals surface area contributed by atoms with E-state index in [0.717, 1.165) is 7.11 Å². The quantitative estimate of drug-likeness (QED) is 0.503. The smallest absolute Gasteiger partial charge is 0.379 e. The van der Waals surface area contributed by atoms with E-state index in [1.54, 1.807) is 19.2 Å². The zero-order valence-electron chi connectivity index (χ0n) is 9.20. The molecule has 0 bridgehead atoms. The van der Waals surface area contributed by atoms with Gasteiger partial charge in [0.1, 0.15) is 5.65 Å². The summed E-state index contributed by atoms with van der Waals surface area (Å²) in [6.07, 6.45) is 1.66. The summed E-state index contributed by atoms with van der Waals surface area (Å²) in [5.74, 6) is -1.74. The third-order valence-corrected chi connectivity index (χ3v) is 2.81. The second kappa shape index (κ2) is 4.18. The first-order chi connectivity index (χ1) is 8.06. The third-order valence-electron chi connectivity index (χ3n) is 2.42. The predicted molar refractivity (Wildman–Crippen MR) is 62.2 cm³/mol. The Balaban J connectivity index is 2.68. The summed E-state index contributed by atoms with van der Waals surface area (Å²) in [5.41, 5.74) is 1.06. The normalized spacial score (nSPS) is 10.5. The van der Waals surface area contributed by atoms with Gasteiger partial charge >= 0.3 is 5.97 Å². The molecule has 0 aliphatic heterocycles. The molecule has 0 aromatic carbocycles. The molecule has 17 heavy (non-hydrogen) atoms. The average molecular weight is 253 g/mol. The van der Waals surface area contributed by atoms with Crippen LogP contribution in [0.5, 0.6) is 0 Å². The van der Waals surface area contributed by atoms with E-state index >= 15 is 0 Å². The number of fused-ring (bicyclic) bond motifs is 1. The number of ether oxygens (including phenoxy) is 1. The summed E-state index contributed by atoms with van der Waals surface area (Å²) in [7, 11) is 1.14. The average Bonchev–Trinajstić information content (AvgIpc) is 2.75. The zero-order valence-corrected chi connectivity index (χ0v) is 9.96. The van der Waals surface area contributed by atoms with Gasteiger partial charge in [0.05, 0.1) is 23.4 Å². The number of aromatic nitrogens is 2. The predicted octanol–water partition coefficient (Wildman–Crippen LogP) is 1.88. The van der Waals surface area contributed by atoms with E-state index in [2.05, 4.69) is 14.7 Å². The topological polar surface area (TPSA) is 72.1 Å². The minimum atomic E-state index is -0.952. The Hall–Kier alpha value is -1.88. The van der Waals surface area contributed by atoms with Gasteiger partial charge in [0, 0.05) is 11.6 Å². The first-order valence-corrected chi connectivity index (χ1v) is 5.20. The maximum atomic E-state index is 11.8. The van der Waals surface area contributed by atoms with Crippen LogP contribution in [-0.2, 0) is 9.53 Å². The third kappa shape index (κ3) is 1.78. The molecule has 0 unspecified atom stereocenters. The van der Waals surface area contributed by atoms with E-state index in [4.69, 9.17) is 11.6 Å². The van der Waals surface area contributed by atoms with Gasteiger partial charge in [-0.1, -0.05) is 11.6 Å². The largest absolute Gasteiger partial charge is 0.463 e. The number of nitrogens with zero attached hydrogens (tertiary/aromatic N) is 1. The Morgan fingerprint density at radius 1 is 1.47 bits per heavy atom. The first-order valence-electron chi connectivity index (χ1n) is 4.82. The van der Waals surface area contributed by atoms with E-state index < -0.39 is 11.8 Å². The van der Waals surface area contributed by atoms with Crippen LogP contribution in [0, 0.1) is 6.92 Å². The number of methoxy groups -OCH3 is 1. The van der Waals surface area contributed by atoms with Crippen molar-refractivity contribution in [3.8, 4) is 0 Å². The first kappa shape index (κ1) is 11.6. The molecule has 1 N–H and O–H groups in total. The molecule has 2 rings (SSSR count). The van der Waals surface area contributed by atoms with Crippen LogP contribution in [0.2, 0.25) is 5.02 Å². The molecule has 2 heterocycles. The maximum Gasteiger partial charge on any atom is 0.379 e. The lowest BCUT2D eigenvalue weighted by Gasteiger charge is -2.06. The lowest BCUT2D eigenvalue weighted by atomic mass is 10.1.